The summed E-state index contributed by atoms with van der Waals surface area (Å²) in [5.41, 5.74) is 0. The van der Waals surface area contributed by atoms with Crippen molar-refractivity contribution in [3.05, 3.63) is 0 Å². The van der Waals surface area contributed by atoms with E-state index in [1.165, 1.54) is 11.9 Å². The molecule has 0 aliphatic heterocycles. The Morgan fingerprint density at radius 1 is 1.78 bits per heavy atom. The van der Waals surface area contributed by atoms with Crippen molar-refractivity contribution in [2.24, 2.45) is 0 Å². The normalized spacial score (nSPS) is 10.8. The van der Waals surface area contributed by atoms with E-state index in [-0.39, 0.29) is 6.54 Å². The molecule has 0 radical (unpaired) electrons. The number of alkyl halides is 2. The lowest BCUT2D eigenvalue weighted by atomic mass is 10.6. The zero-order valence-corrected chi connectivity index (χ0v) is 6.35. The molecule has 0 aliphatic carbocycles. The van der Waals surface area contributed by atoms with Gasteiger partial charge in [0.15, 0.2) is 4.96 Å². The monoisotopic (exact) mass is 171 g/mol. The molecule has 0 aromatic carbocycles. The van der Waals surface area contributed by atoms with E-state index in [1.807, 2.05) is 0 Å². The van der Waals surface area contributed by atoms with Gasteiger partial charge in [0.2, 0.25) is 0 Å². The van der Waals surface area contributed by atoms with Crippen molar-refractivity contribution in [2.45, 2.75) is 4.96 Å². The fourth-order valence-electron chi connectivity index (χ4n) is 0.282. The number of carboxylic acids is 1. The molecule has 0 saturated carbocycles. The topological polar surface area (TPSA) is 40.5 Å². The highest BCUT2D eigenvalue weighted by atomic mass is 35.5. The standard InChI is InChI=1S/C4H7Cl2NO2/c1-7(4(5)6)2-3(8)9/h4H,2H2,1H3,(H,8,9). The summed E-state index contributed by atoms with van der Waals surface area (Å²) < 4.78 is 0. The Kier molecular flexibility index (Phi) is 3.93. The molecule has 3 nitrogen and oxygen atoms in total. The number of aliphatic carboxylic acids is 1. The lowest BCUT2D eigenvalue weighted by Crippen LogP contribution is -2.28. The summed E-state index contributed by atoms with van der Waals surface area (Å²) in [6.07, 6.45) is 0. The molecule has 0 atom stereocenters. The van der Waals surface area contributed by atoms with Crippen LogP contribution in [0.2, 0.25) is 0 Å². The second-order valence-corrected chi connectivity index (χ2v) is 2.64. The summed E-state index contributed by atoms with van der Waals surface area (Å²) >= 11 is 10.6. The molecule has 5 heteroatoms. The molecule has 0 unspecified atom stereocenters. The summed E-state index contributed by atoms with van der Waals surface area (Å²) in [6, 6.07) is 0. The van der Waals surface area contributed by atoms with Crippen LogP contribution in [0.5, 0.6) is 0 Å². The molecule has 0 fully saturated rings. The number of carbonyl (C=O) groups is 1. The number of halogens is 2. The zero-order valence-electron chi connectivity index (χ0n) is 4.84. The van der Waals surface area contributed by atoms with Crippen molar-refractivity contribution in [3.8, 4) is 0 Å². The largest absolute Gasteiger partial charge is 0.480 e. The smallest absolute Gasteiger partial charge is 0.317 e. The first-order chi connectivity index (χ1) is 4.04. The highest BCUT2D eigenvalue weighted by molar-refractivity contribution is 6.43. The fourth-order valence-corrected chi connectivity index (χ4v) is 0.420. The van der Waals surface area contributed by atoms with Crippen molar-refractivity contribution in [1.29, 1.82) is 0 Å². The average Bonchev–Trinajstić information content (AvgIpc) is 1.63. The summed E-state index contributed by atoms with van der Waals surface area (Å²) in [4.78, 5) is 10.5. The molecule has 0 rings (SSSR count). The van der Waals surface area contributed by atoms with Gasteiger partial charge in [0.1, 0.15) is 0 Å². The van der Waals surface area contributed by atoms with Crippen LogP contribution in [-0.2, 0) is 4.79 Å². The molecule has 0 spiro atoms. The Morgan fingerprint density at radius 3 is 2.33 bits per heavy atom. The lowest BCUT2D eigenvalue weighted by Gasteiger charge is -2.13. The Morgan fingerprint density at radius 2 is 2.22 bits per heavy atom. The molecule has 0 aliphatic rings. The van der Waals surface area contributed by atoms with Gasteiger partial charge in [0, 0.05) is 0 Å². The number of hydrogen-bond acceptors (Lipinski definition) is 2. The number of hydrogen-bond donors (Lipinski definition) is 1. The van der Waals surface area contributed by atoms with Gasteiger partial charge in [0.25, 0.3) is 0 Å². The molecule has 0 bridgehead atoms. The summed E-state index contributed by atoms with van der Waals surface area (Å²) in [5.74, 6) is -0.941. The molecule has 0 aromatic heterocycles. The van der Waals surface area contributed by atoms with Crippen molar-refractivity contribution in [1.82, 2.24) is 4.90 Å². The number of nitrogens with zero attached hydrogens (tertiary/aromatic N) is 1. The first-order valence-corrected chi connectivity index (χ1v) is 3.11. The number of likely N-dealkylation sites (N-methyl/N-ethyl adjacent to an activating group) is 1. The Balaban J connectivity index is 3.50. The lowest BCUT2D eigenvalue weighted by molar-refractivity contribution is -0.137. The van der Waals surface area contributed by atoms with E-state index in [0.717, 1.165) is 0 Å². The van der Waals surface area contributed by atoms with E-state index >= 15 is 0 Å². The van der Waals surface area contributed by atoms with Crippen molar-refractivity contribution < 1.29 is 9.90 Å². The van der Waals surface area contributed by atoms with Crippen LogP contribution in [0.25, 0.3) is 0 Å². The van der Waals surface area contributed by atoms with Gasteiger partial charge in [0.05, 0.1) is 6.54 Å². The second kappa shape index (κ2) is 3.93. The molecular weight excluding hydrogens is 165 g/mol. The molecular formula is C4H7Cl2NO2. The second-order valence-electron chi connectivity index (χ2n) is 1.59. The molecule has 0 aromatic rings. The van der Waals surface area contributed by atoms with Crippen LogP contribution in [0.3, 0.4) is 0 Å². The third-order valence-electron chi connectivity index (χ3n) is 0.718. The number of rotatable bonds is 3. The van der Waals surface area contributed by atoms with Gasteiger partial charge in [-0.25, -0.2) is 0 Å². The molecule has 0 saturated heterocycles. The maximum atomic E-state index is 9.96. The minimum Gasteiger partial charge on any atom is -0.480 e. The van der Waals surface area contributed by atoms with E-state index in [9.17, 15) is 4.79 Å². The first-order valence-electron chi connectivity index (χ1n) is 2.24. The summed E-state index contributed by atoms with van der Waals surface area (Å²) in [7, 11) is 1.53. The Bertz CT molecular complexity index is 107. The third-order valence-corrected chi connectivity index (χ3v) is 1.38. The Labute approximate surface area is 63.2 Å². The fraction of sp³-hybridized carbons (Fsp3) is 0.750. The van der Waals surface area contributed by atoms with Crippen LogP contribution in [0.15, 0.2) is 0 Å². The minimum atomic E-state index is -0.941. The third kappa shape index (κ3) is 4.51. The maximum Gasteiger partial charge on any atom is 0.317 e. The van der Waals surface area contributed by atoms with Crippen LogP contribution in [0.4, 0.5) is 0 Å². The maximum absolute atomic E-state index is 9.96. The van der Waals surface area contributed by atoms with E-state index in [4.69, 9.17) is 28.3 Å². The van der Waals surface area contributed by atoms with Gasteiger partial charge in [-0.15, -0.1) is 0 Å². The Hall–Kier alpha value is 0.01000. The predicted molar refractivity (Wildman–Crippen MR) is 35.8 cm³/mol. The molecule has 1 N–H and O–H groups in total. The van der Waals surface area contributed by atoms with Crippen LogP contribution in [0.1, 0.15) is 0 Å². The van der Waals surface area contributed by atoms with E-state index in [2.05, 4.69) is 0 Å². The predicted octanol–water partition coefficient (Wildman–Crippen LogP) is 0.764. The van der Waals surface area contributed by atoms with Gasteiger partial charge < -0.3 is 5.11 Å². The van der Waals surface area contributed by atoms with Crippen molar-refractivity contribution >= 4 is 29.2 Å². The van der Waals surface area contributed by atoms with E-state index in [1.54, 1.807) is 0 Å². The van der Waals surface area contributed by atoms with Crippen LogP contribution >= 0.6 is 23.2 Å². The number of carboxylic acid groups (broad SMARTS) is 1. The van der Waals surface area contributed by atoms with Gasteiger partial charge >= 0.3 is 5.97 Å². The van der Waals surface area contributed by atoms with Gasteiger partial charge in [-0.3, -0.25) is 9.69 Å². The zero-order chi connectivity index (χ0) is 7.44. The highest BCUT2D eigenvalue weighted by Crippen LogP contribution is 2.04. The van der Waals surface area contributed by atoms with Gasteiger partial charge in [-0.05, 0) is 7.05 Å². The van der Waals surface area contributed by atoms with Crippen LogP contribution in [0, 0.1) is 0 Å². The van der Waals surface area contributed by atoms with Crippen molar-refractivity contribution in [2.75, 3.05) is 13.6 Å². The SMILES string of the molecule is CN(CC(=O)O)C(Cl)Cl. The van der Waals surface area contributed by atoms with Crippen LogP contribution in [-0.4, -0.2) is 34.5 Å². The van der Waals surface area contributed by atoms with Crippen LogP contribution < -0.4 is 0 Å². The molecule has 0 amide bonds. The van der Waals surface area contributed by atoms with Gasteiger partial charge in [-0.2, -0.15) is 0 Å². The summed E-state index contributed by atoms with van der Waals surface area (Å²) in [6.45, 7) is -0.141. The average molecular weight is 172 g/mol. The van der Waals surface area contributed by atoms with E-state index < -0.39 is 10.9 Å². The van der Waals surface area contributed by atoms with Crippen molar-refractivity contribution in [3.63, 3.8) is 0 Å². The highest BCUT2D eigenvalue weighted by Gasteiger charge is 2.09. The molecule has 9 heavy (non-hydrogen) atoms. The molecule has 54 valence electrons. The first kappa shape index (κ1) is 9.01. The summed E-state index contributed by atoms with van der Waals surface area (Å²) in [5, 5.41) is 8.17. The van der Waals surface area contributed by atoms with Gasteiger partial charge in [-0.1, -0.05) is 23.2 Å². The molecule has 0 heterocycles. The minimum absolute atomic E-state index is 0.141. The van der Waals surface area contributed by atoms with E-state index in [0.29, 0.717) is 0 Å². The quantitative estimate of drug-likeness (QED) is 0.504.